The smallest absolute Gasteiger partial charge is 0.0799 e. The number of rotatable bonds is 7. The van der Waals surface area contributed by atoms with Gasteiger partial charge >= 0.3 is 0 Å². The Kier molecular flexibility index (Phi) is 5.89. The summed E-state index contributed by atoms with van der Waals surface area (Å²) in [5.74, 6) is 0. The summed E-state index contributed by atoms with van der Waals surface area (Å²) in [5, 5.41) is 4.23. The van der Waals surface area contributed by atoms with E-state index in [1.165, 1.54) is 68.6 Å². The molecule has 29 heavy (non-hydrogen) atoms. The van der Waals surface area contributed by atoms with Crippen LogP contribution in [0.4, 0.5) is 0 Å². The fourth-order valence-electron chi connectivity index (χ4n) is 4.16. The summed E-state index contributed by atoms with van der Waals surface area (Å²) in [4.78, 5) is 4.93. The lowest BCUT2D eigenvalue weighted by molar-refractivity contribution is 0.667. The summed E-state index contributed by atoms with van der Waals surface area (Å²) in [7, 11) is -1.40. The van der Waals surface area contributed by atoms with Crippen molar-refractivity contribution in [1.29, 1.82) is 0 Å². The molecule has 0 amide bonds. The van der Waals surface area contributed by atoms with E-state index in [1.54, 1.807) is 0 Å². The molecule has 0 atom stereocenters. The fourth-order valence-corrected chi connectivity index (χ4v) is 6.86. The molecule has 0 spiro atoms. The third-order valence-corrected chi connectivity index (χ3v) is 8.99. The number of fused-ring (bicyclic) bond motifs is 3. The Morgan fingerprint density at radius 2 is 1.66 bits per heavy atom. The minimum absolute atomic E-state index is 1.12. The van der Waals surface area contributed by atoms with Crippen LogP contribution in [0.15, 0.2) is 54.7 Å². The zero-order valence-electron chi connectivity index (χ0n) is 18.1. The molecule has 0 bridgehead atoms. The molecule has 0 aliphatic carbocycles. The number of thiophene rings is 1. The Hall–Kier alpha value is -1.97. The molecule has 3 heteroatoms. The Balaban J connectivity index is 1.74. The highest BCUT2D eigenvalue weighted by Crippen LogP contribution is 2.36. The number of pyridine rings is 1. The van der Waals surface area contributed by atoms with Gasteiger partial charge < -0.3 is 0 Å². The molecule has 0 unspecified atom stereocenters. The molecule has 1 nitrogen and oxygen atoms in total. The van der Waals surface area contributed by atoms with Crippen LogP contribution in [0.5, 0.6) is 0 Å². The Labute approximate surface area is 179 Å². The molecule has 2 aromatic carbocycles. The number of aromatic nitrogens is 1. The van der Waals surface area contributed by atoms with E-state index in [-0.39, 0.29) is 0 Å². The molecule has 0 saturated heterocycles. The predicted molar refractivity (Wildman–Crippen MR) is 133 cm³/mol. The maximum absolute atomic E-state index is 4.93. The van der Waals surface area contributed by atoms with E-state index in [4.69, 9.17) is 4.98 Å². The molecule has 0 aliphatic rings. The first kappa shape index (κ1) is 20.3. The second kappa shape index (κ2) is 8.41. The van der Waals surface area contributed by atoms with Gasteiger partial charge in [0.2, 0.25) is 0 Å². The van der Waals surface area contributed by atoms with Gasteiger partial charge in [0.15, 0.2) is 0 Å². The highest BCUT2D eigenvalue weighted by atomic mass is 32.1. The zero-order valence-corrected chi connectivity index (χ0v) is 19.9. The number of nitrogens with zero attached hydrogens (tertiary/aromatic N) is 1. The third-order valence-electron chi connectivity index (χ3n) is 5.77. The molecule has 0 saturated carbocycles. The van der Waals surface area contributed by atoms with Gasteiger partial charge in [-0.3, -0.25) is 4.98 Å². The first-order valence-corrected chi connectivity index (χ1v) is 15.2. The van der Waals surface area contributed by atoms with Crippen molar-refractivity contribution in [3.8, 4) is 11.3 Å². The van der Waals surface area contributed by atoms with Crippen molar-refractivity contribution in [3.05, 3.63) is 60.3 Å². The predicted octanol–water partition coefficient (Wildman–Crippen LogP) is 7.78. The third kappa shape index (κ3) is 4.31. The quantitative estimate of drug-likeness (QED) is 0.221. The van der Waals surface area contributed by atoms with Gasteiger partial charge in [0, 0.05) is 31.9 Å². The summed E-state index contributed by atoms with van der Waals surface area (Å²) >= 11 is 1.88. The highest BCUT2D eigenvalue weighted by molar-refractivity contribution is 7.25. The van der Waals surface area contributed by atoms with Crippen molar-refractivity contribution in [2.24, 2.45) is 0 Å². The second-order valence-electron chi connectivity index (χ2n) is 9.10. The Morgan fingerprint density at radius 1 is 0.862 bits per heavy atom. The van der Waals surface area contributed by atoms with Crippen LogP contribution in [0.25, 0.3) is 31.4 Å². The van der Waals surface area contributed by atoms with Gasteiger partial charge in [-0.15, -0.1) is 11.3 Å². The van der Waals surface area contributed by atoms with Gasteiger partial charge in [0.25, 0.3) is 0 Å². The topological polar surface area (TPSA) is 12.9 Å². The van der Waals surface area contributed by atoms with Crippen molar-refractivity contribution in [3.63, 3.8) is 0 Å². The number of unbranched alkanes of at least 4 members (excludes halogenated alkanes) is 3. The van der Waals surface area contributed by atoms with Gasteiger partial charge in [-0.25, -0.2) is 0 Å². The monoisotopic (exact) mass is 417 g/mol. The highest BCUT2D eigenvalue weighted by Gasteiger charge is 2.21. The second-order valence-corrected chi connectivity index (χ2v) is 15.2. The van der Waals surface area contributed by atoms with Crippen LogP contribution >= 0.6 is 11.3 Å². The van der Waals surface area contributed by atoms with Crippen LogP contribution in [-0.2, 0) is 6.42 Å². The van der Waals surface area contributed by atoms with Crippen LogP contribution in [-0.4, -0.2) is 13.1 Å². The van der Waals surface area contributed by atoms with E-state index in [1.807, 2.05) is 11.3 Å². The largest absolute Gasteiger partial charge is 0.256 e. The SMILES string of the molecule is CCCCCCc1cc(-c2ccc3sc4ccccc4c3c2)ncc1[Si](C)(C)C. The lowest BCUT2D eigenvalue weighted by atomic mass is 10.0. The molecule has 0 aliphatic heterocycles. The van der Waals surface area contributed by atoms with E-state index in [2.05, 4.69) is 81.3 Å². The van der Waals surface area contributed by atoms with Crippen LogP contribution in [0.1, 0.15) is 38.2 Å². The van der Waals surface area contributed by atoms with Crippen molar-refractivity contribution in [1.82, 2.24) is 4.98 Å². The van der Waals surface area contributed by atoms with E-state index in [0.29, 0.717) is 0 Å². The number of hydrogen-bond acceptors (Lipinski definition) is 2. The van der Waals surface area contributed by atoms with Crippen LogP contribution < -0.4 is 5.19 Å². The molecule has 150 valence electrons. The molecular weight excluding hydrogens is 386 g/mol. The zero-order chi connectivity index (χ0) is 20.4. The summed E-state index contributed by atoms with van der Waals surface area (Å²) in [6.07, 6.45) is 8.60. The minimum atomic E-state index is -1.40. The average Bonchev–Trinajstić information content (AvgIpc) is 3.08. The van der Waals surface area contributed by atoms with Crippen molar-refractivity contribution in [2.75, 3.05) is 0 Å². The normalized spacial score (nSPS) is 12.1. The van der Waals surface area contributed by atoms with Gasteiger partial charge in [-0.2, -0.15) is 0 Å². The molecule has 0 fully saturated rings. The molecule has 2 heterocycles. The van der Waals surface area contributed by atoms with Gasteiger partial charge in [-0.05, 0) is 47.9 Å². The fraction of sp³-hybridized carbons (Fsp3) is 0.346. The van der Waals surface area contributed by atoms with E-state index in [0.717, 1.165) is 5.69 Å². The summed E-state index contributed by atoms with van der Waals surface area (Å²) < 4.78 is 2.71. The Bertz CT molecular complexity index is 1140. The maximum atomic E-state index is 4.93. The maximum Gasteiger partial charge on any atom is 0.0799 e. The molecule has 0 N–H and O–H groups in total. The lowest BCUT2D eigenvalue weighted by Gasteiger charge is -2.21. The standard InChI is InChI=1S/C26H31NSSi/c1-5-6-7-8-11-20-17-23(27-18-26(20)29(2,3)4)19-14-15-25-22(16-19)21-12-9-10-13-24(21)28-25/h9-10,12-18H,5-8,11H2,1-4H3. The van der Waals surface area contributed by atoms with Crippen molar-refractivity contribution < 1.29 is 0 Å². The first-order chi connectivity index (χ1) is 14.0. The summed E-state index contributed by atoms with van der Waals surface area (Å²) in [5.41, 5.74) is 3.88. The summed E-state index contributed by atoms with van der Waals surface area (Å²) in [6, 6.07) is 17.9. The summed E-state index contributed by atoms with van der Waals surface area (Å²) in [6.45, 7) is 9.58. The number of hydrogen-bond donors (Lipinski definition) is 0. The number of benzene rings is 2. The van der Waals surface area contributed by atoms with Crippen LogP contribution in [0, 0.1) is 0 Å². The molecule has 4 aromatic rings. The molecule has 0 radical (unpaired) electrons. The van der Waals surface area contributed by atoms with Gasteiger partial charge in [0.1, 0.15) is 0 Å². The number of aryl methyl sites for hydroxylation is 1. The van der Waals surface area contributed by atoms with Crippen LogP contribution in [0.2, 0.25) is 19.6 Å². The lowest BCUT2D eigenvalue weighted by Crippen LogP contribution is -2.40. The van der Waals surface area contributed by atoms with Gasteiger partial charge in [-0.1, -0.05) is 70.1 Å². The van der Waals surface area contributed by atoms with Crippen molar-refractivity contribution in [2.45, 2.75) is 58.7 Å². The molecular formula is C26H31NSSi. The molecule has 2 aromatic heterocycles. The first-order valence-electron chi connectivity index (χ1n) is 10.9. The Morgan fingerprint density at radius 3 is 2.45 bits per heavy atom. The van der Waals surface area contributed by atoms with E-state index < -0.39 is 8.07 Å². The van der Waals surface area contributed by atoms with Gasteiger partial charge in [0.05, 0.1) is 13.8 Å². The molecule has 4 rings (SSSR count). The van der Waals surface area contributed by atoms with Crippen LogP contribution in [0.3, 0.4) is 0 Å². The van der Waals surface area contributed by atoms with E-state index >= 15 is 0 Å². The van der Waals surface area contributed by atoms with Crippen molar-refractivity contribution >= 4 is 44.8 Å². The minimum Gasteiger partial charge on any atom is -0.256 e. The van der Waals surface area contributed by atoms with E-state index in [9.17, 15) is 0 Å². The average molecular weight is 418 g/mol.